The lowest BCUT2D eigenvalue weighted by molar-refractivity contribution is 0.414. The Morgan fingerprint density at radius 1 is 1.32 bits per heavy atom. The Morgan fingerprint density at radius 3 is 2.92 bits per heavy atom. The van der Waals surface area contributed by atoms with Crippen molar-refractivity contribution in [1.29, 1.82) is 0 Å². The number of aryl methyl sites for hydroxylation is 2. The van der Waals surface area contributed by atoms with Crippen LogP contribution >= 0.6 is 11.3 Å². The van der Waals surface area contributed by atoms with Crippen LogP contribution in [0.25, 0.3) is 21.3 Å². The van der Waals surface area contributed by atoms with Crippen molar-refractivity contribution in [3.8, 4) is 5.75 Å². The van der Waals surface area contributed by atoms with Gasteiger partial charge in [0.15, 0.2) is 5.65 Å². The predicted octanol–water partition coefficient (Wildman–Crippen LogP) is 2.96. The number of ether oxygens (including phenoxy) is 1. The molecule has 4 rings (SSSR count). The van der Waals surface area contributed by atoms with Crippen LogP contribution in [0.15, 0.2) is 35.3 Å². The maximum atomic E-state index is 13.0. The van der Waals surface area contributed by atoms with Crippen molar-refractivity contribution in [3.05, 3.63) is 51.4 Å². The SMILES string of the molecule is CCc1nc2c(s1)c1cnn(Cc3cccc(OC)c3)c(=O)c1n2C. The molecule has 0 unspecified atom stereocenters. The van der Waals surface area contributed by atoms with Gasteiger partial charge in [-0.3, -0.25) is 4.79 Å². The van der Waals surface area contributed by atoms with Gasteiger partial charge in [-0.2, -0.15) is 5.10 Å². The lowest BCUT2D eigenvalue weighted by atomic mass is 10.2. The summed E-state index contributed by atoms with van der Waals surface area (Å²) >= 11 is 1.63. The summed E-state index contributed by atoms with van der Waals surface area (Å²) in [5, 5.41) is 6.33. The topological polar surface area (TPSA) is 61.9 Å². The first kappa shape index (κ1) is 15.8. The molecule has 0 aliphatic heterocycles. The van der Waals surface area contributed by atoms with Crippen LogP contribution in [-0.2, 0) is 20.0 Å². The summed E-state index contributed by atoms with van der Waals surface area (Å²) < 4.78 is 9.65. The molecule has 0 bridgehead atoms. The molecule has 3 aromatic heterocycles. The van der Waals surface area contributed by atoms with Crippen molar-refractivity contribution in [2.45, 2.75) is 19.9 Å². The summed E-state index contributed by atoms with van der Waals surface area (Å²) in [6.45, 7) is 2.48. The second-order valence-corrected chi connectivity index (χ2v) is 6.98. The number of fused-ring (bicyclic) bond motifs is 3. The van der Waals surface area contributed by atoms with Crippen LogP contribution in [0.2, 0.25) is 0 Å². The van der Waals surface area contributed by atoms with Gasteiger partial charge in [-0.05, 0) is 24.1 Å². The van der Waals surface area contributed by atoms with Crippen LogP contribution in [0.1, 0.15) is 17.5 Å². The molecule has 0 spiro atoms. The zero-order valence-electron chi connectivity index (χ0n) is 14.3. The first-order valence-electron chi connectivity index (χ1n) is 8.09. The van der Waals surface area contributed by atoms with Gasteiger partial charge in [0.2, 0.25) is 0 Å². The molecule has 0 fully saturated rings. The van der Waals surface area contributed by atoms with E-state index in [4.69, 9.17) is 4.74 Å². The fourth-order valence-electron chi connectivity index (χ4n) is 3.04. The Kier molecular flexibility index (Phi) is 3.80. The summed E-state index contributed by atoms with van der Waals surface area (Å²) in [6.07, 6.45) is 2.66. The number of thiazole rings is 1. The molecule has 6 nitrogen and oxygen atoms in total. The minimum atomic E-state index is -0.105. The second-order valence-electron chi connectivity index (χ2n) is 5.89. The molecular formula is C18H18N4O2S. The highest BCUT2D eigenvalue weighted by Gasteiger charge is 2.17. The molecular weight excluding hydrogens is 336 g/mol. The summed E-state index contributed by atoms with van der Waals surface area (Å²) in [7, 11) is 3.52. The first-order chi connectivity index (χ1) is 12.1. The fourth-order valence-corrected chi connectivity index (χ4v) is 4.09. The summed E-state index contributed by atoms with van der Waals surface area (Å²) in [6, 6.07) is 7.66. The Morgan fingerprint density at radius 2 is 2.16 bits per heavy atom. The smallest absolute Gasteiger partial charge is 0.291 e. The minimum Gasteiger partial charge on any atom is -0.497 e. The Bertz CT molecular complexity index is 1140. The highest BCUT2D eigenvalue weighted by molar-refractivity contribution is 7.19. The van der Waals surface area contributed by atoms with Crippen LogP contribution in [-0.4, -0.2) is 26.4 Å². The summed E-state index contributed by atoms with van der Waals surface area (Å²) in [5.74, 6) is 0.766. The molecule has 0 radical (unpaired) electrons. The monoisotopic (exact) mass is 354 g/mol. The number of hydrogen-bond acceptors (Lipinski definition) is 5. The van der Waals surface area contributed by atoms with Crippen LogP contribution in [0.3, 0.4) is 0 Å². The number of methoxy groups -OCH3 is 1. The molecule has 128 valence electrons. The quantitative estimate of drug-likeness (QED) is 0.565. The van der Waals surface area contributed by atoms with Gasteiger partial charge in [-0.25, -0.2) is 9.67 Å². The standard InChI is InChI=1S/C18H18N4O2S/c1-4-14-20-17-16(25-14)13-9-19-22(18(23)15(13)21(17)2)10-11-6-5-7-12(8-11)24-3/h5-9H,4,10H2,1-3H3. The fraction of sp³-hybridized carbons (Fsp3) is 0.278. The zero-order valence-corrected chi connectivity index (χ0v) is 15.1. The van der Waals surface area contributed by atoms with Gasteiger partial charge in [0.1, 0.15) is 11.3 Å². The van der Waals surface area contributed by atoms with Gasteiger partial charge >= 0.3 is 0 Å². The van der Waals surface area contributed by atoms with Crippen molar-refractivity contribution in [3.63, 3.8) is 0 Å². The zero-order chi connectivity index (χ0) is 17.6. The molecule has 0 saturated carbocycles. The van der Waals surface area contributed by atoms with E-state index in [1.54, 1.807) is 24.6 Å². The number of benzene rings is 1. The largest absolute Gasteiger partial charge is 0.497 e. The van der Waals surface area contributed by atoms with E-state index in [9.17, 15) is 4.79 Å². The van der Waals surface area contributed by atoms with Gasteiger partial charge in [-0.15, -0.1) is 11.3 Å². The number of aromatic nitrogens is 4. The average Bonchev–Trinajstić information content (AvgIpc) is 3.17. The molecule has 1 aromatic carbocycles. The van der Waals surface area contributed by atoms with Crippen molar-refractivity contribution in [2.75, 3.05) is 7.11 Å². The molecule has 0 amide bonds. The second kappa shape index (κ2) is 6.00. The van der Waals surface area contributed by atoms with E-state index in [2.05, 4.69) is 17.0 Å². The molecule has 0 N–H and O–H groups in total. The number of nitrogens with zero attached hydrogens (tertiary/aromatic N) is 4. The van der Waals surface area contributed by atoms with Gasteiger partial charge in [0, 0.05) is 12.4 Å². The van der Waals surface area contributed by atoms with Crippen LogP contribution in [0.5, 0.6) is 5.75 Å². The van der Waals surface area contributed by atoms with Crippen molar-refractivity contribution in [1.82, 2.24) is 19.3 Å². The molecule has 0 aliphatic carbocycles. The molecule has 7 heteroatoms. The van der Waals surface area contributed by atoms with Gasteiger partial charge in [0.25, 0.3) is 5.56 Å². The lowest BCUT2D eigenvalue weighted by Gasteiger charge is -2.07. The van der Waals surface area contributed by atoms with Gasteiger partial charge < -0.3 is 9.30 Å². The first-order valence-corrected chi connectivity index (χ1v) is 8.91. The third-order valence-corrected chi connectivity index (χ3v) is 5.56. The Hall–Kier alpha value is -2.67. The van der Waals surface area contributed by atoms with Crippen LogP contribution < -0.4 is 10.3 Å². The van der Waals surface area contributed by atoms with E-state index in [0.29, 0.717) is 12.1 Å². The maximum absolute atomic E-state index is 13.0. The normalized spacial score (nSPS) is 11.5. The molecule has 3 heterocycles. The van der Waals surface area contributed by atoms with Crippen LogP contribution in [0, 0.1) is 0 Å². The number of rotatable bonds is 4. The van der Waals surface area contributed by atoms with Gasteiger partial charge in [0.05, 0.1) is 29.6 Å². The highest BCUT2D eigenvalue weighted by atomic mass is 32.1. The highest BCUT2D eigenvalue weighted by Crippen LogP contribution is 2.30. The van der Waals surface area contributed by atoms with Crippen molar-refractivity contribution in [2.24, 2.45) is 7.05 Å². The van der Waals surface area contributed by atoms with Crippen LogP contribution in [0.4, 0.5) is 0 Å². The molecule has 0 atom stereocenters. The minimum absolute atomic E-state index is 0.105. The predicted molar refractivity (Wildman–Crippen MR) is 99.6 cm³/mol. The van der Waals surface area contributed by atoms with E-state index in [1.165, 1.54) is 4.68 Å². The third-order valence-electron chi connectivity index (χ3n) is 4.34. The summed E-state index contributed by atoms with van der Waals surface area (Å²) in [5.41, 5.74) is 2.37. The Balaban J connectivity index is 1.85. The number of hydrogen-bond donors (Lipinski definition) is 0. The van der Waals surface area contributed by atoms with E-state index in [0.717, 1.165) is 38.5 Å². The molecule has 0 saturated heterocycles. The van der Waals surface area contributed by atoms with Crippen molar-refractivity contribution >= 4 is 32.6 Å². The molecule has 0 aliphatic rings. The van der Waals surface area contributed by atoms with E-state index < -0.39 is 0 Å². The molecule has 25 heavy (non-hydrogen) atoms. The lowest BCUT2D eigenvalue weighted by Crippen LogP contribution is -2.24. The average molecular weight is 354 g/mol. The van der Waals surface area contributed by atoms with E-state index in [-0.39, 0.29) is 5.56 Å². The Labute approximate surface area is 148 Å². The van der Waals surface area contributed by atoms with Gasteiger partial charge in [-0.1, -0.05) is 19.1 Å². The van der Waals surface area contributed by atoms with E-state index in [1.807, 2.05) is 35.9 Å². The van der Waals surface area contributed by atoms with Crippen molar-refractivity contribution < 1.29 is 4.74 Å². The third kappa shape index (κ3) is 2.51. The van der Waals surface area contributed by atoms with E-state index >= 15 is 0 Å². The summed E-state index contributed by atoms with van der Waals surface area (Å²) in [4.78, 5) is 17.6. The maximum Gasteiger partial charge on any atom is 0.291 e. The molecule has 4 aromatic rings.